The quantitative estimate of drug-likeness (QED) is 0.591. The molecule has 2 amide bonds. The first-order valence-electron chi connectivity index (χ1n) is 4.59. The molecule has 2 fully saturated rings. The molecule has 14 heavy (non-hydrogen) atoms. The molecule has 0 bridgehead atoms. The monoisotopic (exact) mass is 200 g/mol. The molecule has 6 heteroatoms. The molecule has 0 aromatic heterocycles. The minimum Gasteiger partial charge on any atom is -0.465 e. The number of cyclic esters (lactones) is 1. The van der Waals surface area contributed by atoms with E-state index in [1.807, 2.05) is 0 Å². The average Bonchev–Trinajstić information content (AvgIpc) is 2.42. The van der Waals surface area contributed by atoms with Crippen molar-refractivity contribution in [2.75, 3.05) is 6.54 Å². The lowest BCUT2D eigenvalue weighted by Gasteiger charge is -2.37. The molecule has 1 heterocycles. The van der Waals surface area contributed by atoms with Crippen LogP contribution in [0.4, 0.5) is 9.59 Å². The molecule has 0 aromatic carbocycles. The summed E-state index contributed by atoms with van der Waals surface area (Å²) in [6, 6.07) is 0.0248. The van der Waals surface area contributed by atoms with E-state index in [4.69, 9.17) is 9.84 Å². The van der Waals surface area contributed by atoms with Gasteiger partial charge in [0.15, 0.2) is 0 Å². The highest BCUT2D eigenvalue weighted by molar-refractivity contribution is 5.69. The number of carbonyl (C=O) groups excluding carboxylic acids is 1. The van der Waals surface area contributed by atoms with Gasteiger partial charge in [-0.05, 0) is 12.8 Å². The van der Waals surface area contributed by atoms with Gasteiger partial charge in [-0.3, -0.25) is 0 Å². The molecule has 1 saturated carbocycles. The van der Waals surface area contributed by atoms with Crippen LogP contribution in [0.5, 0.6) is 0 Å². The van der Waals surface area contributed by atoms with Crippen LogP contribution in [0.2, 0.25) is 0 Å². The van der Waals surface area contributed by atoms with Gasteiger partial charge >= 0.3 is 12.2 Å². The third-order valence-electron chi connectivity index (χ3n) is 2.73. The fourth-order valence-electron chi connectivity index (χ4n) is 1.93. The third-order valence-corrected chi connectivity index (χ3v) is 2.73. The molecule has 0 spiro atoms. The first-order chi connectivity index (χ1) is 6.65. The second kappa shape index (κ2) is 3.36. The molecule has 1 aliphatic heterocycles. The Balaban J connectivity index is 1.72. The molecule has 6 nitrogen and oxygen atoms in total. The maximum Gasteiger partial charge on any atom is 0.407 e. The summed E-state index contributed by atoms with van der Waals surface area (Å²) in [4.78, 5) is 21.0. The molecule has 0 radical (unpaired) electrons. The van der Waals surface area contributed by atoms with E-state index in [1.165, 1.54) is 0 Å². The highest BCUT2D eigenvalue weighted by Gasteiger charge is 2.40. The Morgan fingerprint density at radius 2 is 2.29 bits per heavy atom. The van der Waals surface area contributed by atoms with Gasteiger partial charge in [0.25, 0.3) is 0 Å². The molecular formula is C8H12N2O4. The summed E-state index contributed by atoms with van der Waals surface area (Å²) in [6.45, 7) is 0.545. The van der Waals surface area contributed by atoms with Crippen LogP contribution in [0.1, 0.15) is 12.8 Å². The average molecular weight is 200 g/mol. The van der Waals surface area contributed by atoms with Gasteiger partial charge in [0.1, 0.15) is 6.10 Å². The fourth-order valence-corrected chi connectivity index (χ4v) is 1.93. The van der Waals surface area contributed by atoms with Crippen LogP contribution in [0.15, 0.2) is 0 Å². The van der Waals surface area contributed by atoms with E-state index in [-0.39, 0.29) is 18.2 Å². The summed E-state index contributed by atoms with van der Waals surface area (Å²) in [6.07, 6.45) is 0.0756. The van der Waals surface area contributed by atoms with Crippen LogP contribution < -0.4 is 10.6 Å². The highest BCUT2D eigenvalue weighted by Crippen LogP contribution is 2.32. The number of carboxylic acid groups (broad SMARTS) is 1. The van der Waals surface area contributed by atoms with Gasteiger partial charge in [0, 0.05) is 12.0 Å². The highest BCUT2D eigenvalue weighted by atomic mass is 16.6. The predicted octanol–water partition coefficient (Wildman–Crippen LogP) is 0.141. The van der Waals surface area contributed by atoms with Gasteiger partial charge in [-0.2, -0.15) is 0 Å². The van der Waals surface area contributed by atoms with Crippen LogP contribution in [0.3, 0.4) is 0 Å². The van der Waals surface area contributed by atoms with Gasteiger partial charge in [-0.15, -0.1) is 0 Å². The van der Waals surface area contributed by atoms with E-state index in [0.717, 1.165) is 12.8 Å². The maximum absolute atomic E-state index is 10.7. The number of hydrogen-bond acceptors (Lipinski definition) is 3. The molecule has 2 rings (SSSR count). The number of rotatable bonds is 2. The number of ether oxygens (including phenoxy) is 1. The van der Waals surface area contributed by atoms with Crippen molar-refractivity contribution in [3.05, 3.63) is 0 Å². The Labute approximate surface area is 80.6 Å². The van der Waals surface area contributed by atoms with Crippen molar-refractivity contribution < 1.29 is 19.4 Å². The van der Waals surface area contributed by atoms with E-state index in [1.54, 1.807) is 0 Å². The molecule has 0 aromatic rings. The summed E-state index contributed by atoms with van der Waals surface area (Å²) < 4.78 is 4.99. The Bertz CT molecular complexity index is 262. The molecule has 78 valence electrons. The van der Waals surface area contributed by atoms with Crippen LogP contribution in [-0.2, 0) is 4.74 Å². The summed E-state index contributed by atoms with van der Waals surface area (Å²) in [5.74, 6) is 0.297. The van der Waals surface area contributed by atoms with E-state index in [2.05, 4.69) is 10.6 Å². The lowest BCUT2D eigenvalue weighted by molar-refractivity contribution is 0.0533. The van der Waals surface area contributed by atoms with E-state index in [9.17, 15) is 9.59 Å². The van der Waals surface area contributed by atoms with Crippen LogP contribution in [0.25, 0.3) is 0 Å². The molecule has 2 aliphatic rings. The first-order valence-corrected chi connectivity index (χ1v) is 4.59. The number of hydrogen-bond donors (Lipinski definition) is 3. The third kappa shape index (κ3) is 1.73. The number of nitrogens with one attached hydrogen (secondary N) is 2. The summed E-state index contributed by atoms with van der Waals surface area (Å²) in [5, 5.41) is 13.4. The Hall–Kier alpha value is -1.46. The smallest absolute Gasteiger partial charge is 0.407 e. The van der Waals surface area contributed by atoms with Crippen LogP contribution >= 0.6 is 0 Å². The first kappa shape index (κ1) is 9.11. The van der Waals surface area contributed by atoms with Crippen molar-refractivity contribution in [1.29, 1.82) is 0 Å². The standard InChI is InChI=1S/C8H12N2O4/c11-7(12)10-5-1-4(2-5)6-3-9-8(13)14-6/h4-6,10H,1-3H2,(H,9,13)(H,11,12)/t4-,5-,6?. The zero-order valence-corrected chi connectivity index (χ0v) is 7.53. The Morgan fingerprint density at radius 1 is 1.57 bits per heavy atom. The van der Waals surface area contributed by atoms with E-state index < -0.39 is 6.09 Å². The zero-order chi connectivity index (χ0) is 10.1. The largest absolute Gasteiger partial charge is 0.465 e. The second-order valence-corrected chi connectivity index (χ2v) is 3.70. The van der Waals surface area contributed by atoms with Gasteiger partial charge in [-0.1, -0.05) is 0 Å². The number of alkyl carbamates (subject to hydrolysis) is 1. The van der Waals surface area contributed by atoms with Crippen LogP contribution in [-0.4, -0.2) is 36.0 Å². The molecule has 1 atom stereocenters. The van der Waals surface area contributed by atoms with Gasteiger partial charge in [0.2, 0.25) is 0 Å². The van der Waals surface area contributed by atoms with E-state index in [0.29, 0.717) is 12.5 Å². The SMILES string of the molecule is O=C(O)N[C@H]1C[C@H](C2CNC(=O)O2)C1. The Kier molecular flexibility index (Phi) is 2.18. The summed E-state index contributed by atoms with van der Waals surface area (Å²) >= 11 is 0. The van der Waals surface area contributed by atoms with Crippen LogP contribution in [0, 0.1) is 5.92 Å². The zero-order valence-electron chi connectivity index (χ0n) is 7.53. The molecule has 1 aliphatic carbocycles. The Morgan fingerprint density at radius 3 is 2.79 bits per heavy atom. The maximum atomic E-state index is 10.7. The van der Waals surface area contributed by atoms with Crippen molar-refractivity contribution in [3.8, 4) is 0 Å². The minimum atomic E-state index is -0.991. The normalized spacial score (nSPS) is 35.4. The molecule has 3 N–H and O–H groups in total. The van der Waals surface area contributed by atoms with Crippen molar-refractivity contribution in [2.24, 2.45) is 5.92 Å². The van der Waals surface area contributed by atoms with Crippen molar-refractivity contribution in [1.82, 2.24) is 10.6 Å². The second-order valence-electron chi connectivity index (χ2n) is 3.70. The summed E-state index contributed by atoms with van der Waals surface area (Å²) in [7, 11) is 0. The van der Waals surface area contributed by atoms with Crippen molar-refractivity contribution in [3.63, 3.8) is 0 Å². The molecule has 1 unspecified atom stereocenters. The minimum absolute atomic E-state index is 0.0248. The summed E-state index contributed by atoms with van der Waals surface area (Å²) in [5.41, 5.74) is 0. The molecule has 1 saturated heterocycles. The van der Waals surface area contributed by atoms with Crippen molar-refractivity contribution >= 4 is 12.2 Å². The van der Waals surface area contributed by atoms with Crippen molar-refractivity contribution in [2.45, 2.75) is 25.0 Å². The lowest BCUT2D eigenvalue weighted by atomic mass is 9.77. The van der Waals surface area contributed by atoms with Gasteiger partial charge in [0.05, 0.1) is 6.54 Å². The van der Waals surface area contributed by atoms with Gasteiger partial charge < -0.3 is 20.5 Å². The number of carbonyl (C=O) groups is 2. The van der Waals surface area contributed by atoms with E-state index >= 15 is 0 Å². The van der Waals surface area contributed by atoms with Gasteiger partial charge in [-0.25, -0.2) is 9.59 Å². The fraction of sp³-hybridized carbons (Fsp3) is 0.750. The lowest BCUT2D eigenvalue weighted by Crippen LogP contribution is -2.48. The topological polar surface area (TPSA) is 87.7 Å². The molecular weight excluding hydrogens is 188 g/mol. The number of amides is 2. The predicted molar refractivity (Wildman–Crippen MR) is 45.9 cm³/mol.